The largest absolute Gasteiger partial charge is 0.508 e. The summed E-state index contributed by atoms with van der Waals surface area (Å²) < 4.78 is 5.94. The number of carbonyl (C=O) groups excluding carboxylic acids is 4. The van der Waals surface area contributed by atoms with E-state index in [1.807, 2.05) is 60.7 Å². The Labute approximate surface area is 320 Å². The van der Waals surface area contributed by atoms with E-state index in [0.29, 0.717) is 45.4 Å². The maximum Gasteiger partial charge on any atom is 0.246 e. The van der Waals surface area contributed by atoms with Crippen molar-refractivity contribution in [2.75, 3.05) is 9.80 Å². The lowest BCUT2D eigenvalue weighted by molar-refractivity contribution is -0.127. The lowest BCUT2D eigenvalue weighted by Crippen LogP contribution is -2.53. The number of allylic oxidation sites excluding steroid dienone is 2. The highest BCUT2D eigenvalue weighted by Gasteiger charge is 2.70. The maximum atomic E-state index is 15.3. The molecule has 6 atom stereocenters. The monoisotopic (exact) mass is 745 g/mol. The molecular weight excluding hydrogens is 714 g/mol. The third-order valence-electron chi connectivity index (χ3n) is 12.1. The molecule has 55 heavy (non-hydrogen) atoms. The number of carbonyl (C=O) groups is 4. The summed E-state index contributed by atoms with van der Waals surface area (Å²) in [5, 5.41) is 10.7. The van der Waals surface area contributed by atoms with Gasteiger partial charge in [-0.05, 0) is 96.6 Å². The van der Waals surface area contributed by atoms with Crippen LogP contribution < -0.4 is 9.80 Å². The number of rotatable bonds is 5. The Balaban J connectivity index is 1.08. The fourth-order valence-electron chi connectivity index (χ4n) is 9.79. The van der Waals surface area contributed by atoms with Gasteiger partial charge in [-0.25, -0.2) is 9.88 Å². The number of oxazole rings is 1. The maximum absolute atomic E-state index is 15.3. The quantitative estimate of drug-likeness (QED) is 0.139. The molecule has 270 valence electrons. The second-order valence-corrected chi connectivity index (χ2v) is 15.2. The van der Waals surface area contributed by atoms with Gasteiger partial charge < -0.3 is 9.52 Å². The summed E-state index contributed by atoms with van der Waals surface area (Å²) in [6, 6.07) is 37.3. The third-order valence-corrected chi connectivity index (χ3v) is 12.3. The number of halogens is 1. The van der Waals surface area contributed by atoms with Gasteiger partial charge in [0.2, 0.25) is 29.5 Å². The van der Waals surface area contributed by atoms with Gasteiger partial charge >= 0.3 is 0 Å². The molecule has 0 radical (unpaired) electrons. The predicted molar refractivity (Wildman–Crippen MR) is 206 cm³/mol. The average Bonchev–Trinajstić information content (AvgIpc) is 3.82. The molecule has 1 N–H and O–H groups in total. The number of aromatic hydroxyl groups is 1. The molecule has 3 heterocycles. The molecule has 1 saturated carbocycles. The molecule has 1 aromatic heterocycles. The number of hydrogen-bond donors (Lipinski definition) is 1. The molecule has 0 bridgehead atoms. The van der Waals surface area contributed by atoms with E-state index < -0.39 is 35.0 Å². The van der Waals surface area contributed by atoms with Crippen molar-refractivity contribution in [3.8, 4) is 17.2 Å². The summed E-state index contributed by atoms with van der Waals surface area (Å²) in [6.45, 7) is 0. The molecule has 2 saturated heterocycles. The number of hydrogen-bond acceptors (Lipinski definition) is 7. The average molecular weight is 746 g/mol. The van der Waals surface area contributed by atoms with E-state index >= 15 is 4.79 Å². The number of aromatic nitrogens is 1. The highest BCUT2D eigenvalue weighted by atomic mass is 35.5. The normalized spacial score (nSPS) is 25.9. The van der Waals surface area contributed by atoms with Gasteiger partial charge in [0, 0.05) is 16.5 Å². The summed E-state index contributed by atoms with van der Waals surface area (Å²) in [5.41, 5.74) is 3.75. The van der Waals surface area contributed by atoms with Gasteiger partial charge in [-0.15, -0.1) is 0 Å². The zero-order chi connectivity index (χ0) is 37.6. The predicted octanol–water partition coefficient (Wildman–Crippen LogP) is 8.22. The lowest BCUT2D eigenvalue weighted by atomic mass is 9.49. The van der Waals surface area contributed by atoms with Crippen LogP contribution in [0.1, 0.15) is 29.9 Å². The summed E-state index contributed by atoms with van der Waals surface area (Å²) >= 11 is 6.41. The van der Waals surface area contributed by atoms with Crippen molar-refractivity contribution in [2.24, 2.45) is 23.7 Å². The van der Waals surface area contributed by atoms with E-state index in [1.165, 1.54) is 9.80 Å². The SMILES string of the molecule is O=C1C2CC=C3C(CC4C(=O)N(c5cccc(Cl)c5)C(=O)C4(c4ccccc4)C3c3ccc(O)cc3)C2C(=O)N1c1ccc(-c2nc3ccccc3o2)cc1. The Bertz CT molecular complexity index is 2570. The fourth-order valence-corrected chi connectivity index (χ4v) is 9.97. The van der Waals surface area contributed by atoms with E-state index in [1.54, 1.807) is 72.8 Å². The van der Waals surface area contributed by atoms with Crippen molar-refractivity contribution in [3.05, 3.63) is 155 Å². The summed E-state index contributed by atoms with van der Waals surface area (Å²) in [7, 11) is 0. The number of fused-ring (bicyclic) bond motifs is 5. The smallest absolute Gasteiger partial charge is 0.246 e. The Hall–Kier alpha value is -6.32. The summed E-state index contributed by atoms with van der Waals surface area (Å²) in [4.78, 5) is 66.3. The molecule has 9 nitrogen and oxygen atoms in total. The minimum Gasteiger partial charge on any atom is -0.508 e. The summed E-state index contributed by atoms with van der Waals surface area (Å²) in [6.07, 6.45) is 2.50. The molecule has 10 rings (SSSR count). The second-order valence-electron chi connectivity index (χ2n) is 14.7. The third kappa shape index (κ3) is 4.82. The number of anilines is 2. The first-order chi connectivity index (χ1) is 26.8. The van der Waals surface area contributed by atoms with Crippen LogP contribution >= 0.6 is 11.6 Å². The van der Waals surface area contributed by atoms with Crippen LogP contribution in [0.15, 0.2) is 143 Å². The first kappa shape index (κ1) is 33.3. The van der Waals surface area contributed by atoms with E-state index in [2.05, 4.69) is 4.98 Å². The molecule has 4 amide bonds. The molecule has 10 heteroatoms. The highest BCUT2D eigenvalue weighted by molar-refractivity contribution is 6.32. The standard InChI is InChI=1S/C45H32ClN3O6/c46-28-9-6-10-30(23-28)49-42(52)35-24-34-32(39(25-15-19-31(50)20-16-25)45(35,44(49)54)27-7-2-1-3-8-27)21-22-33-38(34)43(53)48(41(33)51)29-17-13-26(14-18-29)40-47-36-11-4-5-12-37(36)55-40/h1-21,23,33-35,38-39,50H,22,24H2. The number of nitrogens with zero attached hydrogens (tertiary/aromatic N) is 3. The van der Waals surface area contributed by atoms with Gasteiger partial charge in [0.05, 0.1) is 34.5 Å². The van der Waals surface area contributed by atoms with Gasteiger partial charge in [0.25, 0.3) is 0 Å². The number of phenols is 1. The molecule has 6 unspecified atom stereocenters. The van der Waals surface area contributed by atoms with Gasteiger partial charge in [0.1, 0.15) is 11.3 Å². The highest BCUT2D eigenvalue weighted by Crippen LogP contribution is 2.64. The number of imide groups is 2. The van der Waals surface area contributed by atoms with Crippen LogP contribution in [0.4, 0.5) is 11.4 Å². The Morgan fingerprint density at radius 3 is 2.22 bits per heavy atom. The van der Waals surface area contributed by atoms with Crippen molar-refractivity contribution in [3.63, 3.8) is 0 Å². The van der Waals surface area contributed by atoms with Crippen molar-refractivity contribution >= 4 is 57.7 Å². The molecule has 3 fully saturated rings. The minimum absolute atomic E-state index is 0.0582. The molecule has 6 aromatic rings. The van der Waals surface area contributed by atoms with Crippen LogP contribution in [0.5, 0.6) is 5.75 Å². The number of benzene rings is 5. The molecule has 4 aliphatic rings. The number of amides is 4. The first-order valence-corrected chi connectivity index (χ1v) is 18.7. The van der Waals surface area contributed by atoms with Crippen molar-refractivity contribution in [1.29, 1.82) is 0 Å². The van der Waals surface area contributed by atoms with E-state index in [0.717, 1.165) is 16.7 Å². The van der Waals surface area contributed by atoms with E-state index in [9.17, 15) is 19.5 Å². The van der Waals surface area contributed by atoms with Crippen molar-refractivity contribution < 1.29 is 28.7 Å². The Morgan fingerprint density at radius 2 is 1.47 bits per heavy atom. The Morgan fingerprint density at radius 1 is 0.727 bits per heavy atom. The zero-order valence-corrected chi connectivity index (χ0v) is 30.0. The number of para-hydroxylation sites is 2. The van der Waals surface area contributed by atoms with Crippen LogP contribution in [0, 0.1) is 23.7 Å². The van der Waals surface area contributed by atoms with Gasteiger partial charge in [-0.1, -0.05) is 83.9 Å². The van der Waals surface area contributed by atoms with Crippen molar-refractivity contribution in [1.82, 2.24) is 4.98 Å². The molecule has 0 spiro atoms. The van der Waals surface area contributed by atoms with Gasteiger partial charge in [-0.3, -0.25) is 24.1 Å². The van der Waals surface area contributed by atoms with Gasteiger partial charge in [0.15, 0.2) is 5.58 Å². The fraction of sp³-hybridized carbons (Fsp3) is 0.178. The Kier molecular flexibility index (Phi) is 7.48. The van der Waals surface area contributed by atoms with Crippen LogP contribution in [-0.4, -0.2) is 33.7 Å². The first-order valence-electron chi connectivity index (χ1n) is 18.3. The van der Waals surface area contributed by atoms with Crippen LogP contribution in [0.3, 0.4) is 0 Å². The molecule has 2 aliphatic carbocycles. The zero-order valence-electron chi connectivity index (χ0n) is 29.2. The molecule has 2 aliphatic heterocycles. The number of phenolic OH excluding ortho intramolecular Hbond substituents is 1. The van der Waals surface area contributed by atoms with E-state index in [-0.39, 0.29) is 35.8 Å². The molecular formula is C45H32ClN3O6. The van der Waals surface area contributed by atoms with Gasteiger partial charge in [-0.2, -0.15) is 0 Å². The lowest BCUT2D eigenvalue weighted by Gasteiger charge is -2.50. The van der Waals surface area contributed by atoms with Crippen LogP contribution in [0.2, 0.25) is 5.02 Å². The minimum atomic E-state index is -1.39. The van der Waals surface area contributed by atoms with E-state index in [4.69, 9.17) is 16.0 Å². The second kappa shape index (κ2) is 12.4. The van der Waals surface area contributed by atoms with Crippen molar-refractivity contribution in [2.45, 2.75) is 24.2 Å². The molecule has 5 aromatic carbocycles. The summed E-state index contributed by atoms with van der Waals surface area (Å²) in [5.74, 6) is -4.38. The van der Waals surface area contributed by atoms with Crippen LogP contribution in [0.25, 0.3) is 22.6 Å². The topological polar surface area (TPSA) is 121 Å². The van der Waals surface area contributed by atoms with Crippen LogP contribution in [-0.2, 0) is 24.6 Å².